The number of hydrogen-bond acceptors (Lipinski definition) is 2. The Morgan fingerprint density at radius 2 is 1.62 bits per heavy atom. The molecule has 0 aliphatic carbocycles. The molecule has 0 aliphatic heterocycles. The van der Waals surface area contributed by atoms with Crippen LogP contribution in [0.25, 0.3) is 0 Å². The molecule has 0 aliphatic rings. The van der Waals surface area contributed by atoms with E-state index in [1.54, 1.807) is 11.3 Å². The highest BCUT2D eigenvalue weighted by molar-refractivity contribution is 9.11. The summed E-state index contributed by atoms with van der Waals surface area (Å²) in [6, 6.07) is 6.60. The van der Waals surface area contributed by atoms with Gasteiger partial charge in [-0.15, -0.1) is 11.3 Å². The van der Waals surface area contributed by atoms with Gasteiger partial charge in [-0.3, -0.25) is 0 Å². The third kappa shape index (κ3) is 3.41. The predicted octanol–water partition coefficient (Wildman–Crippen LogP) is 5.59. The van der Waals surface area contributed by atoms with Crippen molar-refractivity contribution in [2.45, 2.75) is 53.1 Å². The first kappa shape index (κ1) is 16.7. The molecule has 0 bridgehead atoms. The van der Waals surface area contributed by atoms with Crippen molar-refractivity contribution in [2.24, 2.45) is 0 Å². The van der Waals surface area contributed by atoms with Crippen molar-refractivity contribution in [3.8, 4) is 0 Å². The highest BCUT2D eigenvalue weighted by atomic mass is 79.9. The lowest BCUT2D eigenvalue weighted by molar-refractivity contribution is 0.222. The molecule has 0 saturated carbocycles. The molecule has 2 aromatic rings. The van der Waals surface area contributed by atoms with Crippen LogP contribution in [0.2, 0.25) is 0 Å². The van der Waals surface area contributed by atoms with Gasteiger partial charge in [-0.05, 0) is 76.0 Å². The number of aliphatic hydroxyl groups is 1. The van der Waals surface area contributed by atoms with Crippen molar-refractivity contribution in [1.29, 1.82) is 0 Å². The summed E-state index contributed by atoms with van der Waals surface area (Å²) in [4.78, 5) is 1.02. The van der Waals surface area contributed by atoms with Gasteiger partial charge in [0.1, 0.15) is 6.10 Å². The van der Waals surface area contributed by atoms with E-state index in [-0.39, 0.29) is 0 Å². The molecule has 1 N–H and O–H groups in total. The Kier molecular flexibility index (Phi) is 5.64. The molecular formula is C18H23BrOS. The van der Waals surface area contributed by atoms with Crippen LogP contribution in [-0.4, -0.2) is 5.11 Å². The third-order valence-electron chi connectivity index (χ3n) is 4.00. The highest BCUT2D eigenvalue weighted by Gasteiger charge is 2.20. The summed E-state index contributed by atoms with van der Waals surface area (Å²) in [5, 5.41) is 10.9. The van der Waals surface area contributed by atoms with Gasteiger partial charge in [0, 0.05) is 4.88 Å². The van der Waals surface area contributed by atoms with Crippen LogP contribution in [0.15, 0.2) is 22.0 Å². The number of thiophene rings is 1. The molecule has 1 aromatic heterocycles. The summed E-state index contributed by atoms with van der Waals surface area (Å²) >= 11 is 5.19. The molecule has 1 nitrogen and oxygen atoms in total. The van der Waals surface area contributed by atoms with Gasteiger partial charge in [0.2, 0.25) is 0 Å². The molecule has 21 heavy (non-hydrogen) atoms. The molecule has 0 fully saturated rings. The Morgan fingerprint density at radius 1 is 1.05 bits per heavy atom. The molecule has 0 spiro atoms. The zero-order valence-corrected chi connectivity index (χ0v) is 15.6. The summed E-state index contributed by atoms with van der Waals surface area (Å²) in [6.45, 7) is 8.59. The maximum atomic E-state index is 10.9. The Labute approximate surface area is 140 Å². The van der Waals surface area contributed by atoms with E-state index in [1.165, 1.54) is 22.3 Å². The first-order chi connectivity index (χ1) is 10.0. The van der Waals surface area contributed by atoms with Gasteiger partial charge in [-0.1, -0.05) is 32.9 Å². The van der Waals surface area contributed by atoms with Crippen LogP contribution in [0.1, 0.15) is 59.6 Å². The zero-order valence-electron chi connectivity index (χ0n) is 13.2. The van der Waals surface area contributed by atoms with Crippen LogP contribution in [0.5, 0.6) is 0 Å². The van der Waals surface area contributed by atoms with Crippen molar-refractivity contribution < 1.29 is 5.11 Å². The topological polar surface area (TPSA) is 20.2 Å². The van der Waals surface area contributed by atoms with E-state index in [4.69, 9.17) is 0 Å². The number of hydrogen-bond donors (Lipinski definition) is 1. The summed E-state index contributed by atoms with van der Waals surface area (Å²) < 4.78 is 1.11. The van der Waals surface area contributed by atoms with Gasteiger partial charge in [0.05, 0.1) is 3.79 Å². The average molecular weight is 367 g/mol. The summed E-state index contributed by atoms with van der Waals surface area (Å²) in [6.07, 6.45) is 2.44. The van der Waals surface area contributed by atoms with E-state index in [1.807, 2.05) is 0 Å². The van der Waals surface area contributed by atoms with Gasteiger partial charge in [0.15, 0.2) is 0 Å². The fourth-order valence-corrected chi connectivity index (χ4v) is 4.32. The molecule has 1 heterocycles. The van der Waals surface area contributed by atoms with Crippen LogP contribution < -0.4 is 0 Å². The SMILES string of the molecule is CCc1cc(CC)c(C(O)c2cc(C)c(Br)s2)c(CC)c1. The Balaban J connectivity index is 2.55. The summed E-state index contributed by atoms with van der Waals surface area (Å²) in [5.74, 6) is 0. The summed E-state index contributed by atoms with van der Waals surface area (Å²) in [7, 11) is 0. The van der Waals surface area contributed by atoms with Crippen LogP contribution >= 0.6 is 27.3 Å². The molecular weight excluding hydrogens is 344 g/mol. The van der Waals surface area contributed by atoms with E-state index >= 15 is 0 Å². The Bertz CT molecular complexity index is 586. The fourth-order valence-electron chi connectivity index (χ4n) is 2.75. The number of aliphatic hydroxyl groups excluding tert-OH is 1. The second-order valence-corrected chi connectivity index (χ2v) is 7.80. The predicted molar refractivity (Wildman–Crippen MR) is 95.4 cm³/mol. The van der Waals surface area contributed by atoms with Gasteiger partial charge in [0.25, 0.3) is 0 Å². The molecule has 0 saturated heterocycles. The second kappa shape index (κ2) is 7.08. The van der Waals surface area contributed by atoms with Crippen LogP contribution in [0.4, 0.5) is 0 Å². The van der Waals surface area contributed by atoms with Crippen molar-refractivity contribution in [2.75, 3.05) is 0 Å². The van der Waals surface area contributed by atoms with E-state index < -0.39 is 6.10 Å². The maximum absolute atomic E-state index is 10.9. The maximum Gasteiger partial charge on any atom is 0.114 e. The quantitative estimate of drug-likeness (QED) is 0.731. The van der Waals surface area contributed by atoms with Crippen LogP contribution in [0, 0.1) is 6.92 Å². The minimum atomic E-state index is -0.518. The zero-order chi connectivity index (χ0) is 15.6. The van der Waals surface area contributed by atoms with Crippen LogP contribution in [0.3, 0.4) is 0 Å². The van der Waals surface area contributed by atoms with Crippen molar-refractivity contribution in [3.63, 3.8) is 0 Å². The number of rotatable bonds is 5. The molecule has 0 radical (unpaired) electrons. The fraction of sp³-hybridized carbons (Fsp3) is 0.444. The van der Waals surface area contributed by atoms with E-state index in [9.17, 15) is 5.11 Å². The molecule has 1 aromatic carbocycles. The molecule has 0 amide bonds. The Morgan fingerprint density at radius 3 is 2.00 bits per heavy atom. The first-order valence-electron chi connectivity index (χ1n) is 7.60. The number of halogens is 1. The van der Waals surface area contributed by atoms with Crippen molar-refractivity contribution in [1.82, 2.24) is 0 Å². The van der Waals surface area contributed by atoms with Crippen molar-refractivity contribution in [3.05, 3.63) is 54.7 Å². The Hall–Kier alpha value is -0.640. The number of benzene rings is 1. The van der Waals surface area contributed by atoms with Gasteiger partial charge in [-0.25, -0.2) is 0 Å². The van der Waals surface area contributed by atoms with Gasteiger partial charge in [-0.2, -0.15) is 0 Å². The molecule has 3 heteroatoms. The minimum absolute atomic E-state index is 0.518. The summed E-state index contributed by atoms with van der Waals surface area (Å²) in [5.41, 5.74) is 6.23. The van der Waals surface area contributed by atoms with E-state index in [2.05, 4.69) is 61.8 Å². The first-order valence-corrected chi connectivity index (χ1v) is 9.21. The average Bonchev–Trinajstić information content (AvgIpc) is 2.84. The second-order valence-electron chi connectivity index (χ2n) is 5.40. The lowest BCUT2D eigenvalue weighted by Gasteiger charge is -2.19. The highest BCUT2D eigenvalue weighted by Crippen LogP contribution is 2.37. The third-order valence-corrected chi connectivity index (χ3v) is 6.19. The molecule has 1 unspecified atom stereocenters. The largest absolute Gasteiger partial charge is 0.383 e. The lowest BCUT2D eigenvalue weighted by atomic mass is 9.90. The van der Waals surface area contributed by atoms with Gasteiger partial charge < -0.3 is 5.11 Å². The monoisotopic (exact) mass is 366 g/mol. The van der Waals surface area contributed by atoms with Crippen molar-refractivity contribution >= 4 is 27.3 Å². The van der Waals surface area contributed by atoms with E-state index in [0.717, 1.165) is 33.5 Å². The number of aryl methyl sites for hydroxylation is 4. The smallest absolute Gasteiger partial charge is 0.114 e. The minimum Gasteiger partial charge on any atom is -0.383 e. The standard InChI is InChI=1S/C18H23BrOS/c1-5-12-9-13(6-2)16(14(7-3)10-12)17(20)15-8-11(4)18(19)21-15/h8-10,17,20H,5-7H2,1-4H3. The van der Waals surface area contributed by atoms with Gasteiger partial charge >= 0.3 is 0 Å². The molecule has 114 valence electrons. The normalized spacial score (nSPS) is 12.7. The van der Waals surface area contributed by atoms with E-state index in [0.29, 0.717) is 0 Å². The molecule has 1 atom stereocenters. The lowest BCUT2D eigenvalue weighted by Crippen LogP contribution is -2.07. The van der Waals surface area contributed by atoms with Crippen LogP contribution in [-0.2, 0) is 19.3 Å². The molecule has 2 rings (SSSR count).